The summed E-state index contributed by atoms with van der Waals surface area (Å²) in [5.41, 5.74) is 5.54. The molecule has 108 valence electrons. The fourth-order valence-corrected chi connectivity index (χ4v) is 2.58. The lowest BCUT2D eigenvalue weighted by molar-refractivity contribution is -0.242. The lowest BCUT2D eigenvalue weighted by atomic mass is 9.85. The molecule has 4 unspecified atom stereocenters. The SMILES string of the molecule is CCC1CCCC(OC(C(N)CC)C(F)(F)F)C1. The van der Waals surface area contributed by atoms with Gasteiger partial charge >= 0.3 is 6.18 Å². The Kier molecular flexibility index (Phi) is 5.92. The highest BCUT2D eigenvalue weighted by Crippen LogP contribution is 2.33. The number of hydrogen-bond acceptors (Lipinski definition) is 2. The summed E-state index contributed by atoms with van der Waals surface area (Å²) in [6.45, 7) is 3.73. The van der Waals surface area contributed by atoms with Crippen molar-refractivity contribution in [2.75, 3.05) is 0 Å². The van der Waals surface area contributed by atoms with Gasteiger partial charge in [-0.15, -0.1) is 0 Å². The molecule has 0 aromatic rings. The minimum absolute atomic E-state index is 0.272. The first-order valence-electron chi connectivity index (χ1n) is 6.86. The van der Waals surface area contributed by atoms with Crippen molar-refractivity contribution in [3.8, 4) is 0 Å². The van der Waals surface area contributed by atoms with Gasteiger partial charge in [-0.3, -0.25) is 0 Å². The van der Waals surface area contributed by atoms with Gasteiger partial charge in [-0.2, -0.15) is 13.2 Å². The fraction of sp³-hybridized carbons (Fsp3) is 1.00. The van der Waals surface area contributed by atoms with Gasteiger partial charge < -0.3 is 10.5 Å². The highest BCUT2D eigenvalue weighted by molar-refractivity contribution is 4.82. The molecule has 0 aromatic heterocycles. The molecule has 1 fully saturated rings. The molecule has 0 heterocycles. The maximum atomic E-state index is 12.9. The van der Waals surface area contributed by atoms with Crippen LogP contribution in [-0.4, -0.2) is 24.4 Å². The molecule has 0 bridgehead atoms. The maximum absolute atomic E-state index is 12.9. The summed E-state index contributed by atoms with van der Waals surface area (Å²) >= 11 is 0. The van der Waals surface area contributed by atoms with Crippen molar-refractivity contribution in [3.05, 3.63) is 0 Å². The van der Waals surface area contributed by atoms with Crippen LogP contribution in [0.4, 0.5) is 13.2 Å². The summed E-state index contributed by atoms with van der Waals surface area (Å²) in [6, 6.07) is -0.966. The number of hydrogen-bond donors (Lipinski definition) is 1. The Bertz CT molecular complexity index is 245. The fourth-order valence-electron chi connectivity index (χ4n) is 2.58. The molecule has 2 nitrogen and oxygen atoms in total. The van der Waals surface area contributed by atoms with Crippen LogP contribution in [0.2, 0.25) is 0 Å². The van der Waals surface area contributed by atoms with E-state index in [2.05, 4.69) is 6.92 Å². The average molecular weight is 267 g/mol. The smallest absolute Gasteiger partial charge is 0.364 e. The van der Waals surface area contributed by atoms with E-state index < -0.39 is 18.3 Å². The Hall–Kier alpha value is -0.290. The Labute approximate surface area is 107 Å². The van der Waals surface area contributed by atoms with Gasteiger partial charge in [0.05, 0.1) is 6.10 Å². The predicted molar refractivity (Wildman–Crippen MR) is 65.2 cm³/mol. The molecule has 0 aromatic carbocycles. The normalized spacial score (nSPS) is 29.0. The maximum Gasteiger partial charge on any atom is 0.416 e. The molecule has 0 aliphatic heterocycles. The topological polar surface area (TPSA) is 35.2 Å². The number of rotatable bonds is 5. The molecule has 0 amide bonds. The number of halogens is 3. The lowest BCUT2D eigenvalue weighted by Crippen LogP contribution is -2.48. The van der Waals surface area contributed by atoms with Gasteiger partial charge in [0.25, 0.3) is 0 Å². The first-order chi connectivity index (χ1) is 8.38. The molecule has 1 aliphatic rings. The van der Waals surface area contributed by atoms with E-state index in [0.717, 1.165) is 32.1 Å². The molecule has 1 aliphatic carbocycles. The molecule has 5 heteroatoms. The third-order valence-electron chi connectivity index (χ3n) is 3.83. The summed E-state index contributed by atoms with van der Waals surface area (Å²) in [6.07, 6.45) is -1.67. The van der Waals surface area contributed by atoms with Crippen LogP contribution in [0.15, 0.2) is 0 Å². The molecule has 4 atom stereocenters. The zero-order valence-corrected chi connectivity index (χ0v) is 11.2. The van der Waals surface area contributed by atoms with Crippen molar-refractivity contribution in [1.29, 1.82) is 0 Å². The van der Waals surface area contributed by atoms with E-state index in [1.165, 1.54) is 0 Å². The highest BCUT2D eigenvalue weighted by Gasteiger charge is 2.45. The van der Waals surface area contributed by atoms with Gasteiger partial charge in [0.15, 0.2) is 6.10 Å². The second kappa shape index (κ2) is 6.75. The van der Waals surface area contributed by atoms with E-state index in [1.54, 1.807) is 6.92 Å². The summed E-state index contributed by atoms with van der Waals surface area (Å²) in [7, 11) is 0. The van der Waals surface area contributed by atoms with Crippen LogP contribution in [0.1, 0.15) is 52.4 Å². The Morgan fingerprint density at radius 2 is 1.94 bits per heavy atom. The third-order valence-corrected chi connectivity index (χ3v) is 3.83. The van der Waals surface area contributed by atoms with Gasteiger partial charge in [-0.25, -0.2) is 0 Å². The monoisotopic (exact) mass is 267 g/mol. The van der Waals surface area contributed by atoms with E-state index in [4.69, 9.17) is 10.5 Å². The van der Waals surface area contributed by atoms with E-state index in [0.29, 0.717) is 5.92 Å². The quantitative estimate of drug-likeness (QED) is 0.825. The van der Waals surface area contributed by atoms with Crippen LogP contribution in [0, 0.1) is 5.92 Å². The first kappa shape index (κ1) is 15.8. The van der Waals surface area contributed by atoms with Crippen molar-refractivity contribution in [2.24, 2.45) is 11.7 Å². The van der Waals surface area contributed by atoms with Gasteiger partial charge in [-0.1, -0.05) is 33.1 Å². The van der Waals surface area contributed by atoms with E-state index in [1.807, 2.05) is 0 Å². The molecular formula is C13H24F3NO. The van der Waals surface area contributed by atoms with Gasteiger partial charge in [-0.05, 0) is 25.2 Å². The predicted octanol–water partition coefficient (Wildman–Crippen LogP) is 3.64. The minimum Gasteiger partial charge on any atom is -0.364 e. The minimum atomic E-state index is -4.37. The molecule has 18 heavy (non-hydrogen) atoms. The molecule has 2 N–H and O–H groups in total. The van der Waals surface area contributed by atoms with Crippen molar-refractivity contribution in [2.45, 2.75) is 76.8 Å². The van der Waals surface area contributed by atoms with Gasteiger partial charge in [0, 0.05) is 6.04 Å². The van der Waals surface area contributed by atoms with Gasteiger partial charge in [0.2, 0.25) is 0 Å². The Morgan fingerprint density at radius 3 is 2.44 bits per heavy atom. The van der Waals surface area contributed by atoms with Crippen molar-refractivity contribution in [1.82, 2.24) is 0 Å². The average Bonchev–Trinajstić information content (AvgIpc) is 2.34. The summed E-state index contributed by atoms with van der Waals surface area (Å²) in [4.78, 5) is 0. The molecule has 1 rings (SSSR count). The summed E-state index contributed by atoms with van der Waals surface area (Å²) in [5, 5.41) is 0. The van der Waals surface area contributed by atoms with Crippen molar-refractivity contribution >= 4 is 0 Å². The number of ether oxygens (including phenoxy) is 1. The molecule has 0 spiro atoms. The highest BCUT2D eigenvalue weighted by atomic mass is 19.4. The second-order valence-corrected chi connectivity index (χ2v) is 5.23. The molecule has 1 saturated carbocycles. The first-order valence-corrected chi connectivity index (χ1v) is 6.86. The summed E-state index contributed by atoms with van der Waals surface area (Å²) in [5.74, 6) is 0.496. The van der Waals surface area contributed by atoms with Crippen LogP contribution >= 0.6 is 0 Å². The largest absolute Gasteiger partial charge is 0.416 e. The molecule has 0 saturated heterocycles. The van der Waals surface area contributed by atoms with E-state index in [-0.39, 0.29) is 12.5 Å². The number of alkyl halides is 3. The van der Waals surface area contributed by atoms with Crippen LogP contribution < -0.4 is 5.73 Å². The molecular weight excluding hydrogens is 243 g/mol. The van der Waals surface area contributed by atoms with Crippen LogP contribution in [0.25, 0.3) is 0 Å². The van der Waals surface area contributed by atoms with E-state index in [9.17, 15) is 13.2 Å². The zero-order valence-electron chi connectivity index (χ0n) is 11.2. The second-order valence-electron chi connectivity index (χ2n) is 5.23. The summed E-state index contributed by atoms with van der Waals surface area (Å²) < 4.78 is 44.0. The van der Waals surface area contributed by atoms with Crippen molar-refractivity contribution < 1.29 is 17.9 Å². The zero-order chi connectivity index (χ0) is 13.8. The standard InChI is InChI=1S/C13H24F3NO/c1-3-9-6-5-7-10(8-9)18-12(11(17)4-2)13(14,15)16/h9-12H,3-8,17H2,1-2H3. The number of nitrogens with two attached hydrogens (primary N) is 1. The van der Waals surface area contributed by atoms with E-state index >= 15 is 0 Å². The lowest BCUT2D eigenvalue weighted by Gasteiger charge is -2.34. The van der Waals surface area contributed by atoms with Crippen LogP contribution in [-0.2, 0) is 4.74 Å². The molecule has 0 radical (unpaired) electrons. The van der Waals surface area contributed by atoms with Crippen LogP contribution in [0.5, 0.6) is 0 Å². The third kappa shape index (κ3) is 4.43. The Balaban J connectivity index is 2.60. The van der Waals surface area contributed by atoms with Gasteiger partial charge in [0.1, 0.15) is 0 Å². The van der Waals surface area contributed by atoms with Crippen LogP contribution in [0.3, 0.4) is 0 Å². The van der Waals surface area contributed by atoms with Crippen molar-refractivity contribution in [3.63, 3.8) is 0 Å². The Morgan fingerprint density at radius 1 is 1.28 bits per heavy atom.